The fourth-order valence-corrected chi connectivity index (χ4v) is 2.79. The van der Waals surface area contributed by atoms with Crippen LogP contribution in [0.15, 0.2) is 39.1 Å². The van der Waals surface area contributed by atoms with E-state index in [0.29, 0.717) is 22.3 Å². The number of H-pyrrole nitrogens is 1. The number of fused-ring (bicyclic) bond motifs is 1. The maximum absolute atomic E-state index is 12.1. The molecule has 0 aliphatic carbocycles. The van der Waals surface area contributed by atoms with Gasteiger partial charge in [-0.3, -0.25) is 13.8 Å². The summed E-state index contributed by atoms with van der Waals surface area (Å²) in [5.74, 6) is 0.470. The Hall–Kier alpha value is -2.35. The van der Waals surface area contributed by atoms with E-state index in [9.17, 15) is 9.59 Å². The zero-order valence-corrected chi connectivity index (χ0v) is 12.3. The number of thioether (sulfide) groups is 1. The van der Waals surface area contributed by atoms with Crippen LogP contribution in [0.3, 0.4) is 0 Å². The highest BCUT2D eigenvalue weighted by Gasteiger charge is 2.08. The average Bonchev–Trinajstić information content (AvgIpc) is 2.78. The van der Waals surface area contributed by atoms with Crippen LogP contribution in [0.2, 0.25) is 0 Å². The molecule has 108 valence electrons. The standard InChI is InChI=1S/C13H13N5O2S/c1-8-4-3-5-18-10(19)6-9(14-11(8)18)7-21-13-16-15-12(20)17(13)2/h3-6H,7H2,1-2H3,(H,15,20). The summed E-state index contributed by atoms with van der Waals surface area (Å²) in [6.07, 6.45) is 1.70. The van der Waals surface area contributed by atoms with Crippen molar-refractivity contribution in [1.29, 1.82) is 0 Å². The smallest absolute Gasteiger partial charge is 0.273 e. The summed E-state index contributed by atoms with van der Waals surface area (Å²) in [7, 11) is 1.64. The molecular formula is C13H13N5O2S. The topological polar surface area (TPSA) is 85.0 Å². The van der Waals surface area contributed by atoms with Gasteiger partial charge in [-0.1, -0.05) is 17.8 Å². The summed E-state index contributed by atoms with van der Waals surface area (Å²) < 4.78 is 2.94. The van der Waals surface area contributed by atoms with Crippen LogP contribution in [-0.2, 0) is 12.8 Å². The molecule has 7 nitrogen and oxygen atoms in total. The van der Waals surface area contributed by atoms with Crippen molar-refractivity contribution < 1.29 is 0 Å². The predicted octanol–water partition coefficient (Wildman–Crippen LogP) is 0.717. The van der Waals surface area contributed by atoms with E-state index >= 15 is 0 Å². The third-order valence-corrected chi connectivity index (χ3v) is 4.19. The van der Waals surface area contributed by atoms with E-state index in [1.54, 1.807) is 13.2 Å². The van der Waals surface area contributed by atoms with Crippen LogP contribution in [-0.4, -0.2) is 24.1 Å². The Morgan fingerprint density at radius 1 is 1.38 bits per heavy atom. The number of aromatic nitrogens is 5. The minimum Gasteiger partial charge on any atom is -0.273 e. The van der Waals surface area contributed by atoms with Crippen LogP contribution < -0.4 is 11.2 Å². The van der Waals surface area contributed by atoms with Crippen molar-refractivity contribution in [2.45, 2.75) is 17.8 Å². The maximum atomic E-state index is 12.1. The quantitative estimate of drug-likeness (QED) is 0.721. The second-order valence-corrected chi connectivity index (χ2v) is 5.57. The zero-order chi connectivity index (χ0) is 15.0. The molecule has 3 aromatic heterocycles. The summed E-state index contributed by atoms with van der Waals surface area (Å²) >= 11 is 1.35. The summed E-state index contributed by atoms with van der Waals surface area (Å²) in [5, 5.41) is 6.85. The lowest BCUT2D eigenvalue weighted by Gasteiger charge is -2.05. The first-order chi connectivity index (χ1) is 10.1. The first-order valence-corrected chi connectivity index (χ1v) is 7.27. The Balaban J connectivity index is 1.95. The van der Waals surface area contributed by atoms with Gasteiger partial charge in [0.25, 0.3) is 5.56 Å². The van der Waals surface area contributed by atoms with Crippen LogP contribution in [0.25, 0.3) is 5.65 Å². The lowest BCUT2D eigenvalue weighted by Crippen LogP contribution is -2.16. The first-order valence-electron chi connectivity index (χ1n) is 6.28. The summed E-state index contributed by atoms with van der Waals surface area (Å²) in [5.41, 5.74) is 1.87. The van der Waals surface area contributed by atoms with Crippen LogP contribution in [0, 0.1) is 6.92 Å². The highest BCUT2D eigenvalue weighted by molar-refractivity contribution is 7.98. The van der Waals surface area contributed by atoms with Crippen molar-refractivity contribution in [3.05, 3.63) is 56.5 Å². The van der Waals surface area contributed by atoms with Crippen molar-refractivity contribution in [3.8, 4) is 0 Å². The van der Waals surface area contributed by atoms with Gasteiger partial charge in [0, 0.05) is 25.1 Å². The summed E-state index contributed by atoms with van der Waals surface area (Å²) in [6.45, 7) is 1.91. The molecule has 3 rings (SSSR count). The van der Waals surface area contributed by atoms with Gasteiger partial charge in [-0.2, -0.15) is 0 Å². The monoisotopic (exact) mass is 303 g/mol. The van der Waals surface area contributed by atoms with E-state index in [4.69, 9.17) is 0 Å². The largest absolute Gasteiger partial charge is 0.343 e. The predicted molar refractivity (Wildman–Crippen MR) is 79.6 cm³/mol. The second kappa shape index (κ2) is 5.21. The van der Waals surface area contributed by atoms with Crippen LogP contribution in [0.4, 0.5) is 0 Å². The average molecular weight is 303 g/mol. The van der Waals surface area contributed by atoms with Gasteiger partial charge >= 0.3 is 5.69 Å². The fourth-order valence-electron chi connectivity index (χ4n) is 1.98. The lowest BCUT2D eigenvalue weighted by molar-refractivity contribution is 0.765. The number of hydrogen-bond donors (Lipinski definition) is 1. The molecule has 21 heavy (non-hydrogen) atoms. The molecule has 0 aliphatic rings. The van der Waals surface area contributed by atoms with E-state index in [-0.39, 0.29) is 11.2 Å². The van der Waals surface area contributed by atoms with Crippen molar-refractivity contribution in [1.82, 2.24) is 24.1 Å². The number of nitrogens with zero attached hydrogens (tertiary/aromatic N) is 4. The maximum Gasteiger partial charge on any atom is 0.343 e. The minimum absolute atomic E-state index is 0.116. The molecule has 0 spiro atoms. The third kappa shape index (κ3) is 2.49. The zero-order valence-electron chi connectivity index (χ0n) is 11.5. The number of pyridine rings is 1. The van der Waals surface area contributed by atoms with E-state index in [0.717, 1.165) is 5.56 Å². The minimum atomic E-state index is -0.264. The molecule has 0 aliphatic heterocycles. The molecule has 0 aromatic carbocycles. The molecule has 0 radical (unpaired) electrons. The Bertz CT molecular complexity index is 924. The number of rotatable bonds is 3. The normalized spacial score (nSPS) is 11.1. The van der Waals surface area contributed by atoms with Crippen molar-refractivity contribution >= 4 is 17.4 Å². The first kappa shape index (κ1) is 13.6. The Morgan fingerprint density at radius 3 is 2.90 bits per heavy atom. The number of aromatic amines is 1. The van der Waals surface area contributed by atoms with Crippen LogP contribution in [0.1, 0.15) is 11.3 Å². The molecular weight excluding hydrogens is 290 g/mol. The van der Waals surface area contributed by atoms with Gasteiger partial charge in [0.2, 0.25) is 0 Å². The van der Waals surface area contributed by atoms with Gasteiger partial charge in [0.05, 0.1) is 5.69 Å². The van der Waals surface area contributed by atoms with Gasteiger partial charge in [-0.15, -0.1) is 5.10 Å². The van der Waals surface area contributed by atoms with E-state index in [1.807, 2.05) is 19.1 Å². The number of nitrogens with one attached hydrogen (secondary N) is 1. The van der Waals surface area contributed by atoms with Crippen molar-refractivity contribution in [3.63, 3.8) is 0 Å². The van der Waals surface area contributed by atoms with Crippen molar-refractivity contribution in [2.24, 2.45) is 7.05 Å². The molecule has 0 bridgehead atoms. The van der Waals surface area contributed by atoms with Gasteiger partial charge in [0.15, 0.2) is 5.16 Å². The molecule has 0 unspecified atom stereocenters. The Kier molecular flexibility index (Phi) is 3.38. The molecule has 0 atom stereocenters. The second-order valence-electron chi connectivity index (χ2n) is 4.63. The number of hydrogen-bond acceptors (Lipinski definition) is 5. The van der Waals surface area contributed by atoms with E-state index in [1.165, 1.54) is 26.8 Å². The van der Waals surface area contributed by atoms with Gasteiger partial charge in [-0.05, 0) is 18.6 Å². The molecule has 0 amide bonds. The molecule has 8 heteroatoms. The highest BCUT2D eigenvalue weighted by atomic mass is 32.2. The molecule has 0 saturated carbocycles. The molecule has 3 heterocycles. The third-order valence-electron chi connectivity index (χ3n) is 3.13. The molecule has 3 aromatic rings. The summed E-state index contributed by atoms with van der Waals surface area (Å²) in [4.78, 5) is 27.9. The Morgan fingerprint density at radius 2 is 2.19 bits per heavy atom. The van der Waals surface area contributed by atoms with Crippen molar-refractivity contribution in [2.75, 3.05) is 0 Å². The lowest BCUT2D eigenvalue weighted by atomic mass is 10.3. The number of aryl methyl sites for hydroxylation is 1. The van der Waals surface area contributed by atoms with E-state index < -0.39 is 0 Å². The van der Waals surface area contributed by atoms with Gasteiger partial charge < -0.3 is 0 Å². The van der Waals surface area contributed by atoms with Gasteiger partial charge in [0.1, 0.15) is 5.65 Å². The fraction of sp³-hybridized carbons (Fsp3) is 0.231. The Labute approximate surface area is 123 Å². The highest BCUT2D eigenvalue weighted by Crippen LogP contribution is 2.17. The SMILES string of the molecule is Cc1cccn2c(=O)cc(CSc3n[nH]c(=O)n3C)nc12. The van der Waals surface area contributed by atoms with Crippen LogP contribution >= 0.6 is 11.8 Å². The van der Waals surface area contributed by atoms with Crippen LogP contribution in [0.5, 0.6) is 0 Å². The molecule has 1 N–H and O–H groups in total. The summed E-state index contributed by atoms with van der Waals surface area (Å²) in [6, 6.07) is 5.24. The van der Waals surface area contributed by atoms with Gasteiger partial charge in [-0.25, -0.2) is 14.9 Å². The molecule has 0 fully saturated rings. The molecule has 0 saturated heterocycles. The van der Waals surface area contributed by atoms with E-state index in [2.05, 4.69) is 15.2 Å².